The van der Waals surface area contributed by atoms with Gasteiger partial charge in [-0.05, 0) is 24.5 Å². The lowest BCUT2D eigenvalue weighted by Crippen LogP contribution is -2.27. The highest BCUT2D eigenvalue weighted by Gasteiger charge is 2.26. The van der Waals surface area contributed by atoms with E-state index in [0.717, 1.165) is 11.1 Å². The molecule has 2 atom stereocenters. The van der Waals surface area contributed by atoms with Crippen LogP contribution >= 0.6 is 11.6 Å². The van der Waals surface area contributed by atoms with Crippen molar-refractivity contribution in [2.45, 2.75) is 33.0 Å². The molecule has 0 spiro atoms. The number of halogens is 1. The van der Waals surface area contributed by atoms with E-state index in [-0.39, 0.29) is 12.0 Å². The van der Waals surface area contributed by atoms with E-state index >= 15 is 0 Å². The Bertz CT molecular complexity index is 330. The van der Waals surface area contributed by atoms with Crippen LogP contribution in [0.4, 0.5) is 0 Å². The number of methoxy groups -OCH3 is 1. The minimum atomic E-state index is -0.682. The summed E-state index contributed by atoms with van der Waals surface area (Å²) in [5.41, 5.74) is 1.76. The van der Waals surface area contributed by atoms with Crippen LogP contribution in [0.25, 0.3) is 0 Å². The molecule has 0 heterocycles. The van der Waals surface area contributed by atoms with Crippen LogP contribution in [-0.4, -0.2) is 18.3 Å². The molecule has 0 aliphatic carbocycles. The second-order valence-electron chi connectivity index (χ2n) is 4.36. The van der Waals surface area contributed by atoms with Gasteiger partial charge in [0.2, 0.25) is 0 Å². The van der Waals surface area contributed by atoms with Crippen LogP contribution in [-0.2, 0) is 4.74 Å². The Hall–Kier alpha value is -0.570. The number of hydrogen-bond donors (Lipinski definition) is 1. The van der Waals surface area contributed by atoms with E-state index in [9.17, 15) is 5.11 Å². The minimum absolute atomic E-state index is 0.232. The first-order valence-corrected chi connectivity index (χ1v) is 5.82. The molecule has 16 heavy (non-hydrogen) atoms. The predicted molar refractivity (Wildman–Crippen MR) is 66.8 cm³/mol. The van der Waals surface area contributed by atoms with Crippen molar-refractivity contribution in [3.05, 3.63) is 34.3 Å². The summed E-state index contributed by atoms with van der Waals surface area (Å²) < 4.78 is 5.33. The Morgan fingerprint density at radius 1 is 1.31 bits per heavy atom. The zero-order valence-corrected chi connectivity index (χ0v) is 11.0. The molecule has 0 amide bonds. The van der Waals surface area contributed by atoms with Crippen molar-refractivity contribution in [3.63, 3.8) is 0 Å². The Kier molecular flexibility index (Phi) is 4.78. The zero-order chi connectivity index (χ0) is 12.3. The van der Waals surface area contributed by atoms with Crippen LogP contribution in [0.1, 0.15) is 31.1 Å². The number of rotatable bonds is 4. The lowest BCUT2D eigenvalue weighted by atomic mass is 9.93. The molecule has 0 bridgehead atoms. The fraction of sp³-hybridized carbons (Fsp3) is 0.538. The highest BCUT2D eigenvalue weighted by Crippen LogP contribution is 2.31. The molecule has 0 aromatic heterocycles. The van der Waals surface area contributed by atoms with Gasteiger partial charge >= 0.3 is 0 Å². The summed E-state index contributed by atoms with van der Waals surface area (Å²) in [6.45, 7) is 5.98. The molecule has 1 N–H and O–H groups in total. The minimum Gasteiger partial charge on any atom is -0.386 e. The number of aliphatic hydroxyl groups is 1. The molecular formula is C13H19ClO2. The quantitative estimate of drug-likeness (QED) is 0.878. The first-order chi connectivity index (χ1) is 7.49. The standard InChI is InChI=1S/C13H19ClO2/c1-8(2)13(16-4)12(15)11-9(3)6-5-7-10(11)14/h5-8,12-13,15H,1-4H3/t12-,13-/m1/s1. The van der Waals surface area contributed by atoms with Gasteiger partial charge in [0.15, 0.2) is 0 Å². The van der Waals surface area contributed by atoms with E-state index in [0.29, 0.717) is 5.02 Å². The van der Waals surface area contributed by atoms with Crippen LogP contribution < -0.4 is 0 Å². The van der Waals surface area contributed by atoms with E-state index in [1.54, 1.807) is 13.2 Å². The van der Waals surface area contributed by atoms with Gasteiger partial charge in [0.1, 0.15) is 6.10 Å². The first-order valence-electron chi connectivity index (χ1n) is 5.45. The number of aryl methyl sites for hydroxylation is 1. The monoisotopic (exact) mass is 242 g/mol. The van der Waals surface area contributed by atoms with Gasteiger partial charge in [-0.1, -0.05) is 37.6 Å². The molecule has 0 aliphatic heterocycles. The van der Waals surface area contributed by atoms with E-state index in [2.05, 4.69) is 0 Å². The molecule has 1 aromatic rings. The van der Waals surface area contributed by atoms with E-state index in [1.165, 1.54) is 0 Å². The van der Waals surface area contributed by atoms with Gasteiger partial charge in [0.25, 0.3) is 0 Å². The van der Waals surface area contributed by atoms with Crippen molar-refractivity contribution in [1.29, 1.82) is 0 Å². The molecule has 0 radical (unpaired) electrons. The van der Waals surface area contributed by atoms with Crippen LogP contribution in [0.5, 0.6) is 0 Å². The van der Waals surface area contributed by atoms with Gasteiger partial charge in [0, 0.05) is 17.7 Å². The molecule has 0 fully saturated rings. The van der Waals surface area contributed by atoms with Gasteiger partial charge in [-0.15, -0.1) is 0 Å². The summed E-state index contributed by atoms with van der Waals surface area (Å²) in [4.78, 5) is 0. The Labute approximate surface area is 102 Å². The van der Waals surface area contributed by atoms with Crippen molar-refractivity contribution in [2.24, 2.45) is 5.92 Å². The summed E-state index contributed by atoms with van der Waals surface area (Å²) >= 11 is 6.11. The van der Waals surface area contributed by atoms with Crippen molar-refractivity contribution >= 4 is 11.6 Å². The fourth-order valence-electron chi connectivity index (χ4n) is 1.95. The molecule has 1 rings (SSSR count). The Morgan fingerprint density at radius 2 is 1.94 bits per heavy atom. The third-order valence-electron chi connectivity index (χ3n) is 2.81. The van der Waals surface area contributed by atoms with Gasteiger partial charge in [-0.25, -0.2) is 0 Å². The smallest absolute Gasteiger partial charge is 0.107 e. The SMILES string of the molecule is CO[C@H](C(C)C)[C@H](O)c1c(C)cccc1Cl. The summed E-state index contributed by atoms with van der Waals surface area (Å²) in [5, 5.41) is 10.9. The molecule has 0 aliphatic rings. The van der Waals surface area contributed by atoms with Crippen molar-refractivity contribution < 1.29 is 9.84 Å². The predicted octanol–water partition coefficient (Wildman–Crippen LogP) is 3.35. The van der Waals surface area contributed by atoms with E-state index < -0.39 is 6.10 Å². The van der Waals surface area contributed by atoms with E-state index in [1.807, 2.05) is 32.9 Å². The van der Waals surface area contributed by atoms with Gasteiger partial charge in [-0.3, -0.25) is 0 Å². The number of benzene rings is 1. The number of hydrogen-bond acceptors (Lipinski definition) is 2. The van der Waals surface area contributed by atoms with Gasteiger partial charge in [-0.2, -0.15) is 0 Å². The average Bonchev–Trinajstić information content (AvgIpc) is 2.17. The van der Waals surface area contributed by atoms with Gasteiger partial charge in [0.05, 0.1) is 6.10 Å². The maximum Gasteiger partial charge on any atom is 0.107 e. The zero-order valence-electron chi connectivity index (χ0n) is 10.2. The molecule has 2 nitrogen and oxygen atoms in total. The third-order valence-corrected chi connectivity index (χ3v) is 3.14. The molecule has 0 unspecified atom stereocenters. The van der Waals surface area contributed by atoms with Crippen LogP contribution in [0.15, 0.2) is 18.2 Å². The largest absolute Gasteiger partial charge is 0.386 e. The summed E-state index contributed by atoms with van der Waals surface area (Å²) in [6.07, 6.45) is -0.919. The highest BCUT2D eigenvalue weighted by atomic mass is 35.5. The normalized spacial score (nSPS) is 15.2. The van der Waals surface area contributed by atoms with Crippen molar-refractivity contribution in [3.8, 4) is 0 Å². The Balaban J connectivity index is 3.08. The van der Waals surface area contributed by atoms with Crippen LogP contribution in [0.3, 0.4) is 0 Å². The maximum absolute atomic E-state index is 10.3. The number of aliphatic hydroxyl groups excluding tert-OH is 1. The molecule has 0 saturated carbocycles. The highest BCUT2D eigenvalue weighted by molar-refractivity contribution is 6.31. The Morgan fingerprint density at radius 3 is 2.38 bits per heavy atom. The van der Waals surface area contributed by atoms with Crippen LogP contribution in [0.2, 0.25) is 5.02 Å². The lowest BCUT2D eigenvalue weighted by molar-refractivity contribution is -0.0392. The second-order valence-corrected chi connectivity index (χ2v) is 4.77. The van der Waals surface area contributed by atoms with Crippen molar-refractivity contribution in [1.82, 2.24) is 0 Å². The molecular weight excluding hydrogens is 224 g/mol. The van der Waals surface area contributed by atoms with Crippen LogP contribution in [0, 0.1) is 12.8 Å². The average molecular weight is 243 g/mol. The third kappa shape index (κ3) is 2.76. The van der Waals surface area contributed by atoms with Crippen molar-refractivity contribution in [2.75, 3.05) is 7.11 Å². The number of ether oxygens (including phenoxy) is 1. The van der Waals surface area contributed by atoms with E-state index in [4.69, 9.17) is 16.3 Å². The summed E-state index contributed by atoms with van der Waals surface area (Å²) in [7, 11) is 1.61. The molecule has 3 heteroatoms. The summed E-state index contributed by atoms with van der Waals surface area (Å²) in [5.74, 6) is 0.232. The fourth-order valence-corrected chi connectivity index (χ4v) is 2.28. The molecule has 0 saturated heterocycles. The second kappa shape index (κ2) is 5.67. The lowest BCUT2D eigenvalue weighted by Gasteiger charge is -2.27. The summed E-state index contributed by atoms with van der Waals surface area (Å²) in [6, 6.07) is 5.61. The first kappa shape index (κ1) is 13.5. The molecule has 90 valence electrons. The maximum atomic E-state index is 10.3. The van der Waals surface area contributed by atoms with Gasteiger partial charge < -0.3 is 9.84 Å². The topological polar surface area (TPSA) is 29.5 Å². The molecule has 1 aromatic carbocycles.